The largest absolute Gasteiger partial charge is 0.478 e. The summed E-state index contributed by atoms with van der Waals surface area (Å²) in [6.07, 6.45) is 2.49. The lowest BCUT2D eigenvalue weighted by Gasteiger charge is -2.31. The highest BCUT2D eigenvalue weighted by Gasteiger charge is 2.27. The van der Waals surface area contributed by atoms with Crippen LogP contribution in [0.2, 0.25) is 0 Å². The Balaban J connectivity index is 1.70. The van der Waals surface area contributed by atoms with Crippen molar-refractivity contribution in [3.05, 3.63) is 53.5 Å². The van der Waals surface area contributed by atoms with Gasteiger partial charge in [0.05, 0.1) is 17.6 Å². The van der Waals surface area contributed by atoms with E-state index in [0.717, 1.165) is 4.90 Å². The Bertz CT molecular complexity index is 855. The zero-order chi connectivity index (χ0) is 19.4. The van der Waals surface area contributed by atoms with Gasteiger partial charge in [0.2, 0.25) is 5.91 Å². The number of carbonyl (C=O) groups excluding carboxylic acids is 2. The average molecular weight is 388 g/mol. The van der Waals surface area contributed by atoms with Crippen molar-refractivity contribution in [3.8, 4) is 0 Å². The van der Waals surface area contributed by atoms with E-state index in [9.17, 15) is 14.4 Å². The van der Waals surface area contributed by atoms with Crippen LogP contribution < -0.4 is 5.73 Å². The monoisotopic (exact) mass is 388 g/mol. The molecule has 27 heavy (non-hydrogen) atoms. The van der Waals surface area contributed by atoms with Crippen molar-refractivity contribution in [2.75, 3.05) is 13.1 Å². The molecule has 0 atom stereocenters. The number of amides is 2. The number of benzene rings is 1. The molecule has 142 valence electrons. The topological polar surface area (TPSA) is 114 Å². The molecule has 0 aliphatic carbocycles. The van der Waals surface area contributed by atoms with Crippen molar-refractivity contribution < 1.29 is 23.9 Å². The number of furan rings is 1. The highest BCUT2D eigenvalue weighted by atomic mass is 32.2. The summed E-state index contributed by atoms with van der Waals surface area (Å²) in [6.45, 7) is 0.986. The third kappa shape index (κ3) is 4.33. The van der Waals surface area contributed by atoms with Gasteiger partial charge in [-0.25, -0.2) is 4.79 Å². The van der Waals surface area contributed by atoms with Crippen LogP contribution in [0.15, 0.2) is 45.9 Å². The molecule has 2 aromatic rings. The molecule has 8 heteroatoms. The summed E-state index contributed by atoms with van der Waals surface area (Å²) in [5, 5.41) is 9.16. The number of hydrogen-bond donors (Lipinski definition) is 2. The average Bonchev–Trinajstić information content (AvgIpc) is 3.15. The van der Waals surface area contributed by atoms with Crippen LogP contribution in [-0.4, -0.2) is 40.9 Å². The van der Waals surface area contributed by atoms with E-state index in [1.54, 1.807) is 17.0 Å². The van der Waals surface area contributed by atoms with Gasteiger partial charge in [0, 0.05) is 23.9 Å². The number of thioether (sulfide) groups is 1. The SMILES string of the molecule is NC(=O)C1CCN(C(=O)c2ccccc2SCc2occc2C(=O)O)CC1. The van der Waals surface area contributed by atoms with E-state index in [1.807, 2.05) is 12.1 Å². The summed E-state index contributed by atoms with van der Waals surface area (Å²) in [7, 11) is 0. The van der Waals surface area contributed by atoms with Crippen LogP contribution in [0.5, 0.6) is 0 Å². The Morgan fingerprint density at radius 1 is 1.15 bits per heavy atom. The van der Waals surface area contributed by atoms with E-state index in [1.165, 1.54) is 24.1 Å². The molecule has 3 N–H and O–H groups in total. The van der Waals surface area contributed by atoms with E-state index in [0.29, 0.717) is 43.0 Å². The lowest BCUT2D eigenvalue weighted by atomic mass is 9.96. The minimum Gasteiger partial charge on any atom is -0.478 e. The standard InChI is InChI=1S/C19H20N2O5S/c20-17(22)12-5-8-21(9-6-12)18(23)14-3-1-2-4-16(14)27-11-15-13(19(24)25)7-10-26-15/h1-4,7,10,12H,5-6,8-9,11H2,(H2,20,22)(H,24,25). The maximum Gasteiger partial charge on any atom is 0.339 e. The zero-order valence-electron chi connectivity index (χ0n) is 14.6. The first-order chi connectivity index (χ1) is 13.0. The Kier molecular flexibility index (Phi) is 5.85. The third-order valence-corrected chi connectivity index (χ3v) is 5.71. The Morgan fingerprint density at radius 3 is 2.52 bits per heavy atom. The van der Waals surface area contributed by atoms with E-state index in [-0.39, 0.29) is 23.3 Å². The minimum atomic E-state index is -1.04. The summed E-state index contributed by atoms with van der Waals surface area (Å²) in [5.41, 5.74) is 6.03. The maximum absolute atomic E-state index is 12.9. The Labute approximate surface area is 160 Å². The molecular formula is C19H20N2O5S. The lowest BCUT2D eigenvalue weighted by Crippen LogP contribution is -2.41. The lowest BCUT2D eigenvalue weighted by molar-refractivity contribution is -0.123. The molecule has 1 aromatic carbocycles. The summed E-state index contributed by atoms with van der Waals surface area (Å²) in [6, 6.07) is 8.63. The van der Waals surface area contributed by atoms with Crippen LogP contribution in [0.1, 0.15) is 39.3 Å². The molecule has 0 bridgehead atoms. The molecule has 0 unspecified atom stereocenters. The molecule has 1 aliphatic heterocycles. The molecule has 7 nitrogen and oxygen atoms in total. The van der Waals surface area contributed by atoms with E-state index >= 15 is 0 Å². The third-order valence-electron chi connectivity index (χ3n) is 4.64. The fraction of sp³-hybridized carbons (Fsp3) is 0.316. The van der Waals surface area contributed by atoms with Gasteiger partial charge < -0.3 is 20.2 Å². The van der Waals surface area contributed by atoms with Gasteiger partial charge in [-0.2, -0.15) is 0 Å². The highest BCUT2D eigenvalue weighted by Crippen LogP contribution is 2.29. The van der Waals surface area contributed by atoms with Crippen LogP contribution in [0, 0.1) is 5.92 Å². The summed E-state index contributed by atoms with van der Waals surface area (Å²) in [5.74, 6) is -0.961. The number of nitrogens with two attached hydrogens (primary N) is 1. The maximum atomic E-state index is 12.9. The van der Waals surface area contributed by atoms with Gasteiger partial charge in [-0.1, -0.05) is 12.1 Å². The molecule has 3 rings (SSSR count). The molecule has 1 aromatic heterocycles. The van der Waals surface area contributed by atoms with Crippen LogP contribution in [0.25, 0.3) is 0 Å². The highest BCUT2D eigenvalue weighted by molar-refractivity contribution is 7.98. The molecule has 0 saturated carbocycles. The minimum absolute atomic E-state index is 0.0982. The van der Waals surface area contributed by atoms with E-state index < -0.39 is 5.97 Å². The number of rotatable bonds is 6. The number of likely N-dealkylation sites (tertiary alicyclic amines) is 1. The smallest absolute Gasteiger partial charge is 0.339 e. The van der Waals surface area contributed by atoms with Crippen LogP contribution in [0.4, 0.5) is 0 Å². The second-order valence-electron chi connectivity index (χ2n) is 6.32. The number of piperidine rings is 1. The van der Waals surface area contributed by atoms with Crippen molar-refractivity contribution in [2.24, 2.45) is 11.7 Å². The van der Waals surface area contributed by atoms with Gasteiger partial charge in [0.25, 0.3) is 5.91 Å². The quantitative estimate of drug-likeness (QED) is 0.735. The van der Waals surface area contributed by atoms with Crippen molar-refractivity contribution in [1.29, 1.82) is 0 Å². The van der Waals surface area contributed by atoms with Gasteiger partial charge in [-0.05, 0) is 31.0 Å². The summed E-state index contributed by atoms with van der Waals surface area (Å²) >= 11 is 1.36. The summed E-state index contributed by atoms with van der Waals surface area (Å²) in [4.78, 5) is 37.9. The van der Waals surface area contributed by atoms with Crippen molar-refractivity contribution >= 4 is 29.5 Å². The Morgan fingerprint density at radius 2 is 1.85 bits per heavy atom. The number of carboxylic acid groups (broad SMARTS) is 1. The fourth-order valence-corrected chi connectivity index (χ4v) is 4.09. The normalized spacial score (nSPS) is 14.9. The number of nitrogens with zero attached hydrogens (tertiary/aromatic N) is 1. The van der Waals surface area contributed by atoms with Gasteiger partial charge in [-0.3, -0.25) is 9.59 Å². The second-order valence-corrected chi connectivity index (χ2v) is 7.33. The molecule has 0 radical (unpaired) electrons. The summed E-state index contributed by atoms with van der Waals surface area (Å²) < 4.78 is 5.26. The van der Waals surface area contributed by atoms with Gasteiger partial charge in [-0.15, -0.1) is 11.8 Å². The molecule has 0 spiro atoms. The van der Waals surface area contributed by atoms with Gasteiger partial charge >= 0.3 is 5.97 Å². The molecular weight excluding hydrogens is 368 g/mol. The van der Waals surface area contributed by atoms with Crippen LogP contribution in [-0.2, 0) is 10.5 Å². The second kappa shape index (κ2) is 8.30. The number of hydrogen-bond acceptors (Lipinski definition) is 5. The predicted octanol–water partition coefficient (Wildman–Crippen LogP) is 2.61. The molecule has 2 amide bonds. The van der Waals surface area contributed by atoms with Gasteiger partial charge in [0.15, 0.2) is 0 Å². The van der Waals surface area contributed by atoms with Gasteiger partial charge in [0.1, 0.15) is 11.3 Å². The van der Waals surface area contributed by atoms with Crippen molar-refractivity contribution in [3.63, 3.8) is 0 Å². The van der Waals surface area contributed by atoms with E-state index in [4.69, 9.17) is 15.3 Å². The number of primary amides is 1. The number of carbonyl (C=O) groups is 3. The Hall–Kier alpha value is -2.74. The first kappa shape index (κ1) is 19.0. The number of carboxylic acids is 1. The molecule has 1 fully saturated rings. The van der Waals surface area contributed by atoms with Crippen LogP contribution >= 0.6 is 11.8 Å². The molecule has 1 saturated heterocycles. The first-order valence-electron chi connectivity index (χ1n) is 8.57. The van der Waals surface area contributed by atoms with Crippen LogP contribution in [0.3, 0.4) is 0 Å². The number of aromatic carboxylic acids is 1. The molecule has 2 heterocycles. The first-order valence-corrected chi connectivity index (χ1v) is 9.56. The molecule has 1 aliphatic rings. The fourth-order valence-electron chi connectivity index (χ4n) is 3.09. The predicted molar refractivity (Wildman–Crippen MR) is 99.5 cm³/mol. The van der Waals surface area contributed by atoms with Crippen molar-refractivity contribution in [1.82, 2.24) is 4.90 Å². The van der Waals surface area contributed by atoms with Crippen molar-refractivity contribution in [2.45, 2.75) is 23.5 Å². The zero-order valence-corrected chi connectivity index (χ0v) is 15.4. The van der Waals surface area contributed by atoms with E-state index in [2.05, 4.69) is 0 Å².